The van der Waals surface area contributed by atoms with E-state index in [0.717, 1.165) is 38.5 Å². The van der Waals surface area contributed by atoms with Gasteiger partial charge in [0.15, 0.2) is 0 Å². The fraction of sp³-hybridized carbons (Fsp3) is 0.930. The molecule has 2 unspecified atom stereocenters. The second kappa shape index (κ2) is 53.2. The average Bonchev–Trinajstić information content (AvgIpc) is 3.28. The number of rotatable bonds is 53. The molecule has 0 aliphatic rings. The van der Waals surface area contributed by atoms with Crippen molar-refractivity contribution in [2.45, 2.75) is 328 Å². The molecule has 0 aromatic carbocycles. The zero-order valence-corrected chi connectivity index (χ0v) is 42.6. The van der Waals surface area contributed by atoms with Crippen molar-refractivity contribution in [2.75, 3.05) is 13.2 Å². The van der Waals surface area contributed by atoms with E-state index in [1.807, 2.05) is 6.08 Å². The second-order valence-corrected chi connectivity index (χ2v) is 19.6. The summed E-state index contributed by atoms with van der Waals surface area (Å²) in [5.41, 5.74) is 0. The van der Waals surface area contributed by atoms with E-state index >= 15 is 0 Å². The van der Waals surface area contributed by atoms with Crippen LogP contribution in [0.5, 0.6) is 0 Å². The molecule has 6 heteroatoms. The number of aliphatic hydroxyl groups excluding tert-OH is 2. The summed E-state index contributed by atoms with van der Waals surface area (Å²) in [6, 6.07) is -0.626. The topological polar surface area (TPSA) is 95.9 Å². The number of esters is 1. The van der Waals surface area contributed by atoms with Gasteiger partial charge in [0, 0.05) is 12.8 Å². The molecule has 0 aromatic rings. The largest absolute Gasteiger partial charge is 0.466 e. The molecule has 6 nitrogen and oxygen atoms in total. The Balaban J connectivity index is 3.37. The summed E-state index contributed by atoms with van der Waals surface area (Å²) in [5, 5.41) is 23.0. The third-order valence-corrected chi connectivity index (χ3v) is 13.3. The van der Waals surface area contributed by atoms with Gasteiger partial charge in [-0.2, -0.15) is 0 Å². The zero-order chi connectivity index (χ0) is 45.8. The highest BCUT2D eigenvalue weighted by Crippen LogP contribution is 2.17. The molecular weight excluding hydrogens is 779 g/mol. The summed E-state index contributed by atoms with van der Waals surface area (Å²) in [4.78, 5) is 24.4. The summed E-state index contributed by atoms with van der Waals surface area (Å²) in [6.07, 6.45) is 62.4. The number of aliphatic hydroxyl groups is 2. The summed E-state index contributed by atoms with van der Waals surface area (Å²) in [6.45, 7) is 4.90. The van der Waals surface area contributed by atoms with Gasteiger partial charge in [-0.3, -0.25) is 9.59 Å². The van der Waals surface area contributed by atoms with E-state index in [1.54, 1.807) is 6.08 Å². The Morgan fingerprint density at radius 1 is 0.429 bits per heavy atom. The number of hydrogen-bond acceptors (Lipinski definition) is 5. The fourth-order valence-corrected chi connectivity index (χ4v) is 8.93. The van der Waals surface area contributed by atoms with Gasteiger partial charge in [-0.15, -0.1) is 0 Å². The fourth-order valence-electron chi connectivity index (χ4n) is 8.93. The van der Waals surface area contributed by atoms with Crippen LogP contribution < -0.4 is 5.32 Å². The molecule has 0 aliphatic carbocycles. The quantitative estimate of drug-likeness (QED) is 0.0321. The molecule has 0 bridgehead atoms. The molecule has 0 heterocycles. The standard InChI is InChI=1S/C57H111NO5/c1-3-5-7-9-11-13-15-16-27-31-35-39-43-47-51-57(62)63-52-48-44-40-36-32-28-25-23-21-19-17-18-20-22-24-26-30-34-38-42-46-50-56(61)58-54(53-59)55(60)49-45-41-37-33-29-14-12-10-8-6-4-2/h45,49,54-55,59-60H,3-44,46-48,50-53H2,1-2H3,(H,58,61)/b49-45+. The summed E-state index contributed by atoms with van der Waals surface area (Å²) in [5.74, 6) is -0.0553. The van der Waals surface area contributed by atoms with Gasteiger partial charge >= 0.3 is 5.97 Å². The Bertz CT molecular complexity index is 939. The first kappa shape index (κ1) is 61.6. The van der Waals surface area contributed by atoms with Crippen LogP contribution in [0.15, 0.2) is 12.2 Å². The molecule has 0 radical (unpaired) electrons. The van der Waals surface area contributed by atoms with Crippen molar-refractivity contribution in [3.63, 3.8) is 0 Å². The lowest BCUT2D eigenvalue weighted by atomic mass is 10.0. The minimum Gasteiger partial charge on any atom is -0.466 e. The molecule has 3 N–H and O–H groups in total. The predicted octanol–water partition coefficient (Wildman–Crippen LogP) is 17.3. The van der Waals surface area contributed by atoms with Gasteiger partial charge in [-0.05, 0) is 32.1 Å². The Hall–Kier alpha value is -1.40. The highest BCUT2D eigenvalue weighted by Gasteiger charge is 2.18. The molecule has 63 heavy (non-hydrogen) atoms. The van der Waals surface area contributed by atoms with Gasteiger partial charge < -0.3 is 20.3 Å². The highest BCUT2D eigenvalue weighted by molar-refractivity contribution is 5.76. The third kappa shape index (κ3) is 49.9. The van der Waals surface area contributed by atoms with Crippen LogP contribution in [-0.2, 0) is 14.3 Å². The van der Waals surface area contributed by atoms with E-state index in [2.05, 4.69) is 19.2 Å². The zero-order valence-electron chi connectivity index (χ0n) is 42.6. The van der Waals surface area contributed by atoms with E-state index in [-0.39, 0.29) is 18.5 Å². The van der Waals surface area contributed by atoms with Crippen molar-refractivity contribution in [1.82, 2.24) is 5.32 Å². The van der Waals surface area contributed by atoms with E-state index in [9.17, 15) is 19.8 Å². The number of nitrogens with one attached hydrogen (secondary N) is 1. The lowest BCUT2D eigenvalue weighted by Crippen LogP contribution is -2.45. The van der Waals surface area contributed by atoms with Gasteiger partial charge in [0.1, 0.15) is 0 Å². The SMILES string of the molecule is CCCCCCCCCCC/C=C/C(O)C(CO)NC(=O)CCCCCCCCCCCCCCCCCCCCCCCOC(=O)CCCCCCCCCCCCCCCC. The maximum atomic E-state index is 12.4. The lowest BCUT2D eigenvalue weighted by molar-refractivity contribution is -0.143. The van der Waals surface area contributed by atoms with Gasteiger partial charge in [-0.1, -0.05) is 283 Å². The predicted molar refractivity (Wildman–Crippen MR) is 273 cm³/mol. The normalized spacial score (nSPS) is 12.6. The number of carbonyl (C=O) groups is 2. The van der Waals surface area contributed by atoms with Crippen LogP contribution in [0.1, 0.15) is 316 Å². The van der Waals surface area contributed by atoms with Gasteiger partial charge in [0.2, 0.25) is 5.91 Å². The summed E-state index contributed by atoms with van der Waals surface area (Å²) >= 11 is 0. The molecule has 0 fully saturated rings. The van der Waals surface area contributed by atoms with Crippen LogP contribution in [0.4, 0.5) is 0 Å². The number of carbonyl (C=O) groups excluding carboxylic acids is 2. The molecule has 0 aliphatic heterocycles. The maximum Gasteiger partial charge on any atom is 0.305 e. The third-order valence-electron chi connectivity index (χ3n) is 13.3. The smallest absolute Gasteiger partial charge is 0.305 e. The van der Waals surface area contributed by atoms with Crippen LogP contribution in [0.25, 0.3) is 0 Å². The molecule has 0 saturated heterocycles. The first-order valence-corrected chi connectivity index (χ1v) is 28.5. The molecule has 374 valence electrons. The van der Waals surface area contributed by atoms with E-state index < -0.39 is 12.1 Å². The molecule has 0 aromatic heterocycles. The lowest BCUT2D eigenvalue weighted by Gasteiger charge is -2.20. The van der Waals surface area contributed by atoms with Crippen molar-refractivity contribution in [1.29, 1.82) is 0 Å². The number of allylic oxidation sites excluding steroid dienone is 1. The van der Waals surface area contributed by atoms with Gasteiger partial charge in [-0.25, -0.2) is 0 Å². The number of amides is 1. The first-order chi connectivity index (χ1) is 31.0. The van der Waals surface area contributed by atoms with Crippen LogP contribution in [-0.4, -0.2) is 47.4 Å². The minimum absolute atomic E-state index is 0.0138. The number of ether oxygens (including phenoxy) is 1. The number of hydrogen-bond donors (Lipinski definition) is 3. The summed E-state index contributed by atoms with van der Waals surface area (Å²) in [7, 11) is 0. The molecular formula is C57H111NO5. The van der Waals surface area contributed by atoms with Crippen LogP contribution >= 0.6 is 0 Å². The minimum atomic E-state index is -0.842. The molecule has 0 spiro atoms. The Labute approximate surface area is 393 Å². The Morgan fingerprint density at radius 2 is 0.730 bits per heavy atom. The first-order valence-electron chi connectivity index (χ1n) is 28.5. The van der Waals surface area contributed by atoms with Crippen molar-refractivity contribution >= 4 is 11.9 Å². The van der Waals surface area contributed by atoms with Gasteiger partial charge in [0.05, 0.1) is 25.4 Å². The van der Waals surface area contributed by atoms with E-state index in [1.165, 1.54) is 250 Å². The van der Waals surface area contributed by atoms with E-state index in [0.29, 0.717) is 19.4 Å². The van der Waals surface area contributed by atoms with Crippen LogP contribution in [0.2, 0.25) is 0 Å². The molecule has 2 atom stereocenters. The second-order valence-electron chi connectivity index (χ2n) is 19.6. The van der Waals surface area contributed by atoms with Gasteiger partial charge in [0.25, 0.3) is 0 Å². The van der Waals surface area contributed by atoms with Crippen molar-refractivity contribution < 1.29 is 24.5 Å². The van der Waals surface area contributed by atoms with E-state index in [4.69, 9.17) is 4.74 Å². The maximum absolute atomic E-state index is 12.4. The van der Waals surface area contributed by atoms with Crippen molar-refractivity contribution in [2.24, 2.45) is 0 Å². The van der Waals surface area contributed by atoms with Crippen LogP contribution in [0.3, 0.4) is 0 Å². The number of unbranched alkanes of at least 4 members (excludes halogenated alkanes) is 42. The molecule has 0 rings (SSSR count). The average molecular weight is 891 g/mol. The Morgan fingerprint density at radius 3 is 1.08 bits per heavy atom. The monoisotopic (exact) mass is 890 g/mol. The van der Waals surface area contributed by atoms with Crippen LogP contribution in [0, 0.1) is 0 Å². The molecule has 1 amide bonds. The highest BCUT2D eigenvalue weighted by atomic mass is 16.5. The summed E-state index contributed by atoms with van der Waals surface area (Å²) < 4.78 is 5.48. The molecule has 0 saturated carbocycles. The van der Waals surface area contributed by atoms with Crippen molar-refractivity contribution in [3.05, 3.63) is 12.2 Å². The Kier molecular flexibility index (Phi) is 52.0. The van der Waals surface area contributed by atoms with Crippen molar-refractivity contribution in [3.8, 4) is 0 Å².